The van der Waals surface area contributed by atoms with Crippen LogP contribution >= 0.6 is 11.6 Å². The third-order valence-corrected chi connectivity index (χ3v) is 3.93. The van der Waals surface area contributed by atoms with Gasteiger partial charge in [0.1, 0.15) is 19.0 Å². The van der Waals surface area contributed by atoms with Crippen LogP contribution in [0.1, 0.15) is 21.7 Å². The largest absolute Gasteiger partial charge is 0.490 e. The van der Waals surface area contributed by atoms with Crippen LogP contribution in [-0.4, -0.2) is 29.2 Å². The zero-order valence-corrected chi connectivity index (χ0v) is 14.7. The second kappa shape index (κ2) is 7.49. The number of fused-ring (bicyclic) bond motifs is 1. The smallest absolute Gasteiger partial charge is 0.338 e. The zero-order chi connectivity index (χ0) is 17.8. The van der Waals surface area contributed by atoms with E-state index in [1.54, 1.807) is 42.5 Å². The molecule has 0 atom stereocenters. The summed E-state index contributed by atoms with van der Waals surface area (Å²) in [4.78, 5) is 21.1. The van der Waals surface area contributed by atoms with Crippen molar-refractivity contribution in [3.63, 3.8) is 0 Å². The number of hydrogen-bond acceptors (Lipinski definition) is 5. The third kappa shape index (κ3) is 4.25. The second-order valence-electron chi connectivity index (χ2n) is 5.54. The summed E-state index contributed by atoms with van der Waals surface area (Å²) in [6.45, 7) is 4.18. The number of halogens is 1. The van der Waals surface area contributed by atoms with Crippen LogP contribution < -0.4 is 4.74 Å². The Morgan fingerprint density at radius 1 is 1.00 bits per heavy atom. The Morgan fingerprint density at radius 3 is 2.52 bits per heavy atom. The Kier molecular flexibility index (Phi) is 5.14. The van der Waals surface area contributed by atoms with Crippen molar-refractivity contribution in [3.05, 3.63) is 64.4 Å². The number of aryl methyl sites for hydroxylation is 2. The van der Waals surface area contributed by atoms with Gasteiger partial charge in [-0.15, -0.1) is 0 Å². The minimum absolute atomic E-state index is 0.141. The summed E-state index contributed by atoms with van der Waals surface area (Å²) in [5.74, 6) is 0.215. The quantitative estimate of drug-likeness (QED) is 0.508. The number of nitrogens with zero attached hydrogens (tertiary/aromatic N) is 2. The maximum absolute atomic E-state index is 12.2. The molecule has 0 spiro atoms. The van der Waals surface area contributed by atoms with Gasteiger partial charge in [-0.3, -0.25) is 0 Å². The number of ether oxygens (including phenoxy) is 2. The van der Waals surface area contributed by atoms with Crippen LogP contribution in [0.3, 0.4) is 0 Å². The summed E-state index contributed by atoms with van der Waals surface area (Å²) >= 11 is 5.88. The Balaban J connectivity index is 1.59. The lowest BCUT2D eigenvalue weighted by Crippen LogP contribution is -2.12. The average molecular weight is 357 g/mol. The average Bonchev–Trinajstić information content (AvgIpc) is 2.59. The molecule has 3 rings (SSSR count). The van der Waals surface area contributed by atoms with E-state index < -0.39 is 5.97 Å². The van der Waals surface area contributed by atoms with Crippen LogP contribution in [0.25, 0.3) is 11.0 Å². The van der Waals surface area contributed by atoms with Gasteiger partial charge in [-0.25, -0.2) is 14.8 Å². The first-order valence-electron chi connectivity index (χ1n) is 7.83. The fourth-order valence-electron chi connectivity index (χ4n) is 2.29. The molecule has 25 heavy (non-hydrogen) atoms. The van der Waals surface area contributed by atoms with Crippen molar-refractivity contribution < 1.29 is 14.3 Å². The Bertz CT molecular complexity index is 928. The first-order chi connectivity index (χ1) is 12.0. The number of carbonyl (C=O) groups is 1. The summed E-state index contributed by atoms with van der Waals surface area (Å²) in [5, 5.41) is 0.595. The molecular formula is C19H17ClN2O3. The molecule has 0 amide bonds. The van der Waals surface area contributed by atoms with Gasteiger partial charge in [0.15, 0.2) is 0 Å². The van der Waals surface area contributed by atoms with Crippen LogP contribution in [-0.2, 0) is 4.74 Å². The molecule has 6 heteroatoms. The summed E-state index contributed by atoms with van der Waals surface area (Å²) in [5.41, 5.74) is 3.58. The van der Waals surface area contributed by atoms with Gasteiger partial charge in [-0.1, -0.05) is 17.7 Å². The highest BCUT2D eigenvalue weighted by Crippen LogP contribution is 2.17. The van der Waals surface area contributed by atoms with Gasteiger partial charge in [-0.05, 0) is 50.2 Å². The molecule has 1 heterocycles. The van der Waals surface area contributed by atoms with E-state index >= 15 is 0 Å². The minimum atomic E-state index is -0.420. The first-order valence-corrected chi connectivity index (χ1v) is 8.21. The third-order valence-electron chi connectivity index (χ3n) is 3.69. The molecule has 0 saturated carbocycles. The van der Waals surface area contributed by atoms with Crippen molar-refractivity contribution in [2.75, 3.05) is 13.2 Å². The van der Waals surface area contributed by atoms with Crippen LogP contribution in [0.2, 0.25) is 5.02 Å². The zero-order valence-electron chi connectivity index (χ0n) is 14.0. The number of esters is 1. The van der Waals surface area contributed by atoms with Crippen molar-refractivity contribution in [1.82, 2.24) is 9.97 Å². The second-order valence-corrected chi connectivity index (χ2v) is 5.98. The van der Waals surface area contributed by atoms with Crippen LogP contribution in [0.15, 0.2) is 42.5 Å². The highest BCUT2D eigenvalue weighted by Gasteiger charge is 2.10. The topological polar surface area (TPSA) is 61.3 Å². The van der Waals surface area contributed by atoms with E-state index in [0.29, 0.717) is 21.9 Å². The van der Waals surface area contributed by atoms with Gasteiger partial charge in [0.05, 0.1) is 28.0 Å². The lowest BCUT2D eigenvalue weighted by Gasteiger charge is -2.08. The highest BCUT2D eigenvalue weighted by atomic mass is 35.5. The van der Waals surface area contributed by atoms with Gasteiger partial charge < -0.3 is 9.47 Å². The van der Waals surface area contributed by atoms with E-state index in [-0.39, 0.29) is 13.2 Å². The van der Waals surface area contributed by atoms with E-state index in [4.69, 9.17) is 21.1 Å². The van der Waals surface area contributed by atoms with Crippen LogP contribution in [0.5, 0.6) is 5.75 Å². The van der Waals surface area contributed by atoms with E-state index in [9.17, 15) is 4.79 Å². The molecular weight excluding hydrogens is 340 g/mol. The van der Waals surface area contributed by atoms with Crippen LogP contribution in [0, 0.1) is 13.8 Å². The standard InChI is InChI=1S/C19H17ClN2O3/c1-12-13(2)22-18-10-14(6-7-17(18)21-12)19(23)25-9-8-24-16-5-3-4-15(20)11-16/h3-7,10-11H,8-9H2,1-2H3. The lowest BCUT2D eigenvalue weighted by molar-refractivity contribution is 0.0450. The van der Waals surface area contributed by atoms with E-state index in [2.05, 4.69) is 9.97 Å². The fraction of sp³-hybridized carbons (Fsp3) is 0.211. The number of rotatable bonds is 5. The molecule has 0 aliphatic rings. The molecule has 0 bridgehead atoms. The molecule has 0 unspecified atom stereocenters. The number of benzene rings is 2. The fourth-order valence-corrected chi connectivity index (χ4v) is 2.47. The Morgan fingerprint density at radius 2 is 1.76 bits per heavy atom. The highest BCUT2D eigenvalue weighted by molar-refractivity contribution is 6.30. The predicted molar refractivity (Wildman–Crippen MR) is 96.2 cm³/mol. The number of carbonyl (C=O) groups excluding carboxylic acids is 1. The van der Waals surface area contributed by atoms with Gasteiger partial charge in [0.25, 0.3) is 0 Å². The minimum Gasteiger partial charge on any atom is -0.490 e. The van der Waals surface area contributed by atoms with Crippen molar-refractivity contribution in [2.24, 2.45) is 0 Å². The number of aromatic nitrogens is 2. The number of hydrogen-bond donors (Lipinski definition) is 0. The maximum Gasteiger partial charge on any atom is 0.338 e. The molecule has 128 valence electrons. The van der Waals surface area contributed by atoms with Gasteiger partial charge in [0, 0.05) is 5.02 Å². The SMILES string of the molecule is Cc1nc2ccc(C(=O)OCCOc3cccc(Cl)c3)cc2nc1C. The summed E-state index contributed by atoms with van der Waals surface area (Å²) in [6.07, 6.45) is 0. The van der Waals surface area contributed by atoms with Crippen LogP contribution in [0.4, 0.5) is 0 Å². The normalized spacial score (nSPS) is 10.7. The first kappa shape index (κ1) is 17.2. The van der Waals surface area contributed by atoms with E-state index in [1.807, 2.05) is 13.8 Å². The Labute approximate surface area is 150 Å². The van der Waals surface area contributed by atoms with Gasteiger partial charge in [0.2, 0.25) is 0 Å². The Hall–Kier alpha value is -2.66. The molecule has 0 aliphatic heterocycles. The van der Waals surface area contributed by atoms with Crippen molar-refractivity contribution in [1.29, 1.82) is 0 Å². The summed E-state index contributed by atoms with van der Waals surface area (Å²) in [7, 11) is 0. The summed E-state index contributed by atoms with van der Waals surface area (Å²) < 4.78 is 10.7. The maximum atomic E-state index is 12.2. The van der Waals surface area contributed by atoms with Gasteiger partial charge in [-0.2, -0.15) is 0 Å². The van der Waals surface area contributed by atoms with Gasteiger partial charge >= 0.3 is 5.97 Å². The molecule has 0 N–H and O–H groups in total. The molecule has 5 nitrogen and oxygen atoms in total. The monoisotopic (exact) mass is 356 g/mol. The molecule has 0 fully saturated rings. The molecule has 0 saturated heterocycles. The van der Waals surface area contributed by atoms with Crippen molar-refractivity contribution in [3.8, 4) is 5.75 Å². The van der Waals surface area contributed by atoms with Crippen molar-refractivity contribution in [2.45, 2.75) is 13.8 Å². The van der Waals surface area contributed by atoms with E-state index in [0.717, 1.165) is 16.9 Å². The lowest BCUT2D eigenvalue weighted by atomic mass is 10.2. The van der Waals surface area contributed by atoms with E-state index in [1.165, 1.54) is 0 Å². The molecule has 3 aromatic rings. The molecule has 0 radical (unpaired) electrons. The molecule has 2 aromatic carbocycles. The molecule has 1 aromatic heterocycles. The summed E-state index contributed by atoms with van der Waals surface area (Å²) in [6, 6.07) is 12.2. The van der Waals surface area contributed by atoms with Crippen molar-refractivity contribution >= 4 is 28.6 Å². The predicted octanol–water partition coefficient (Wildman–Crippen LogP) is 4.14. The molecule has 0 aliphatic carbocycles.